The molecule has 0 aliphatic carbocycles. The van der Waals surface area contributed by atoms with Gasteiger partial charge in [-0.15, -0.1) is 11.3 Å². The summed E-state index contributed by atoms with van der Waals surface area (Å²) in [5, 5.41) is 5.76. The van der Waals surface area contributed by atoms with Gasteiger partial charge in [-0.05, 0) is 37.8 Å². The zero-order chi connectivity index (χ0) is 12.3. The molecule has 1 nitrogen and oxygen atoms in total. The Hall–Kier alpha value is -1.12. The lowest BCUT2D eigenvalue weighted by Gasteiger charge is -2.19. The molecule has 0 amide bonds. The van der Waals surface area contributed by atoms with Crippen molar-refractivity contribution < 1.29 is 0 Å². The van der Waals surface area contributed by atoms with Gasteiger partial charge in [-0.1, -0.05) is 35.9 Å². The summed E-state index contributed by atoms with van der Waals surface area (Å²) in [5.41, 5.74) is 2.66. The van der Waals surface area contributed by atoms with E-state index >= 15 is 0 Å². The van der Waals surface area contributed by atoms with Crippen molar-refractivity contribution in [1.82, 2.24) is 5.32 Å². The van der Waals surface area contributed by atoms with Crippen LogP contribution in [0.15, 0.2) is 41.8 Å². The first-order valence-electron chi connectivity index (χ1n) is 6.03. The standard InChI is InChI=1S/C15H19NS/c1-11-6-8-14(9-7-11)12(2)16-13(3)15-5-4-10-17-15/h4-10,12-13,16H,1-3H3/t12?,13-/m1/s1. The van der Waals surface area contributed by atoms with Gasteiger partial charge in [-0.2, -0.15) is 0 Å². The lowest BCUT2D eigenvalue weighted by atomic mass is 10.1. The predicted octanol–water partition coefficient (Wildman–Crippen LogP) is 4.47. The summed E-state index contributed by atoms with van der Waals surface area (Å²) >= 11 is 1.81. The average Bonchev–Trinajstić information content (AvgIpc) is 2.83. The second-order valence-electron chi connectivity index (χ2n) is 4.54. The number of hydrogen-bond acceptors (Lipinski definition) is 2. The highest BCUT2D eigenvalue weighted by Gasteiger charge is 2.11. The maximum absolute atomic E-state index is 3.63. The molecule has 1 aromatic carbocycles. The van der Waals surface area contributed by atoms with Gasteiger partial charge in [0, 0.05) is 17.0 Å². The van der Waals surface area contributed by atoms with Gasteiger partial charge in [0.1, 0.15) is 0 Å². The summed E-state index contributed by atoms with van der Waals surface area (Å²) in [5.74, 6) is 0. The summed E-state index contributed by atoms with van der Waals surface area (Å²) in [7, 11) is 0. The maximum Gasteiger partial charge on any atom is 0.0391 e. The number of aryl methyl sites for hydroxylation is 1. The number of hydrogen-bond donors (Lipinski definition) is 1. The van der Waals surface area contributed by atoms with Gasteiger partial charge in [0.15, 0.2) is 0 Å². The van der Waals surface area contributed by atoms with Crippen LogP contribution in [0.5, 0.6) is 0 Å². The Bertz CT molecular complexity index is 444. The molecule has 0 aliphatic heterocycles. The Kier molecular flexibility index (Phi) is 3.97. The normalized spacial score (nSPS) is 14.5. The van der Waals surface area contributed by atoms with Crippen LogP contribution < -0.4 is 5.32 Å². The van der Waals surface area contributed by atoms with E-state index in [0.717, 1.165) is 0 Å². The minimum absolute atomic E-state index is 0.382. The molecule has 2 aromatic rings. The highest BCUT2D eigenvalue weighted by Crippen LogP contribution is 2.22. The molecule has 2 heteroatoms. The van der Waals surface area contributed by atoms with Crippen molar-refractivity contribution in [3.05, 3.63) is 57.8 Å². The number of thiophene rings is 1. The molecule has 17 heavy (non-hydrogen) atoms. The van der Waals surface area contributed by atoms with E-state index in [1.165, 1.54) is 16.0 Å². The fraction of sp³-hybridized carbons (Fsp3) is 0.333. The Morgan fingerprint density at radius 2 is 1.71 bits per heavy atom. The third-order valence-electron chi connectivity index (χ3n) is 3.05. The van der Waals surface area contributed by atoms with Gasteiger partial charge >= 0.3 is 0 Å². The average molecular weight is 245 g/mol. The molecule has 1 unspecified atom stereocenters. The second kappa shape index (κ2) is 5.48. The van der Waals surface area contributed by atoms with E-state index in [4.69, 9.17) is 0 Å². The SMILES string of the molecule is Cc1ccc(C(C)N[C@H](C)c2cccs2)cc1. The smallest absolute Gasteiger partial charge is 0.0391 e. The van der Waals surface area contributed by atoms with Crippen LogP contribution in [0.1, 0.15) is 41.9 Å². The van der Waals surface area contributed by atoms with Gasteiger partial charge in [-0.25, -0.2) is 0 Å². The highest BCUT2D eigenvalue weighted by atomic mass is 32.1. The van der Waals surface area contributed by atoms with Crippen LogP contribution in [-0.2, 0) is 0 Å². The number of benzene rings is 1. The van der Waals surface area contributed by atoms with Gasteiger partial charge < -0.3 is 5.32 Å². The van der Waals surface area contributed by atoms with Crippen molar-refractivity contribution in [2.24, 2.45) is 0 Å². The first kappa shape index (κ1) is 12.3. The third kappa shape index (κ3) is 3.18. The van der Waals surface area contributed by atoms with E-state index in [2.05, 4.69) is 67.9 Å². The van der Waals surface area contributed by atoms with Gasteiger partial charge in [0.05, 0.1) is 0 Å². The molecular weight excluding hydrogens is 226 g/mol. The Morgan fingerprint density at radius 1 is 1.00 bits per heavy atom. The van der Waals surface area contributed by atoms with Crippen molar-refractivity contribution in [3.63, 3.8) is 0 Å². The zero-order valence-corrected chi connectivity index (χ0v) is 11.4. The van der Waals surface area contributed by atoms with Crippen molar-refractivity contribution in [2.45, 2.75) is 32.9 Å². The highest BCUT2D eigenvalue weighted by molar-refractivity contribution is 7.10. The van der Waals surface area contributed by atoms with Crippen molar-refractivity contribution in [2.75, 3.05) is 0 Å². The quantitative estimate of drug-likeness (QED) is 0.838. The van der Waals surface area contributed by atoms with Gasteiger partial charge in [0.25, 0.3) is 0 Å². The van der Waals surface area contributed by atoms with E-state index in [-0.39, 0.29) is 0 Å². The molecule has 0 saturated carbocycles. The molecule has 1 aromatic heterocycles. The van der Waals surface area contributed by atoms with Crippen molar-refractivity contribution in [1.29, 1.82) is 0 Å². The fourth-order valence-corrected chi connectivity index (χ4v) is 2.69. The Balaban J connectivity index is 2.01. The summed E-state index contributed by atoms with van der Waals surface area (Å²) < 4.78 is 0. The lowest BCUT2D eigenvalue weighted by molar-refractivity contribution is 0.500. The van der Waals surface area contributed by atoms with Crippen LogP contribution in [0.3, 0.4) is 0 Å². The molecule has 1 heterocycles. The minimum atomic E-state index is 0.382. The van der Waals surface area contributed by atoms with Crippen LogP contribution in [0, 0.1) is 6.92 Å². The molecule has 1 N–H and O–H groups in total. The Labute approximate surface area is 108 Å². The molecular formula is C15H19NS. The van der Waals surface area contributed by atoms with Gasteiger partial charge in [-0.3, -0.25) is 0 Å². The largest absolute Gasteiger partial charge is 0.303 e. The first-order valence-corrected chi connectivity index (χ1v) is 6.91. The second-order valence-corrected chi connectivity index (χ2v) is 5.52. The molecule has 0 radical (unpaired) electrons. The van der Waals surface area contributed by atoms with Crippen LogP contribution in [-0.4, -0.2) is 0 Å². The molecule has 2 atom stereocenters. The Morgan fingerprint density at radius 3 is 2.29 bits per heavy atom. The minimum Gasteiger partial charge on any atom is -0.303 e. The molecule has 0 bridgehead atoms. The molecule has 0 fully saturated rings. The van der Waals surface area contributed by atoms with Gasteiger partial charge in [0.2, 0.25) is 0 Å². The zero-order valence-electron chi connectivity index (χ0n) is 10.6. The summed E-state index contributed by atoms with van der Waals surface area (Å²) in [6, 6.07) is 13.8. The summed E-state index contributed by atoms with van der Waals surface area (Å²) in [6.07, 6.45) is 0. The number of rotatable bonds is 4. The molecule has 0 aliphatic rings. The van der Waals surface area contributed by atoms with E-state index in [1.807, 2.05) is 11.3 Å². The number of nitrogens with one attached hydrogen (secondary N) is 1. The molecule has 90 valence electrons. The van der Waals surface area contributed by atoms with Crippen LogP contribution in [0.25, 0.3) is 0 Å². The fourth-order valence-electron chi connectivity index (χ4n) is 1.95. The molecule has 2 rings (SSSR count). The lowest BCUT2D eigenvalue weighted by Crippen LogP contribution is -2.21. The monoisotopic (exact) mass is 245 g/mol. The first-order chi connectivity index (χ1) is 8.16. The molecule has 0 saturated heterocycles. The summed E-state index contributed by atoms with van der Waals surface area (Å²) in [6.45, 7) is 6.56. The topological polar surface area (TPSA) is 12.0 Å². The van der Waals surface area contributed by atoms with Crippen LogP contribution in [0.2, 0.25) is 0 Å². The van der Waals surface area contributed by atoms with E-state index in [1.54, 1.807) is 0 Å². The van der Waals surface area contributed by atoms with E-state index < -0.39 is 0 Å². The predicted molar refractivity (Wildman–Crippen MR) is 75.5 cm³/mol. The summed E-state index contributed by atoms with van der Waals surface area (Å²) in [4.78, 5) is 1.39. The van der Waals surface area contributed by atoms with E-state index in [9.17, 15) is 0 Å². The van der Waals surface area contributed by atoms with Crippen molar-refractivity contribution in [3.8, 4) is 0 Å². The van der Waals surface area contributed by atoms with Crippen molar-refractivity contribution >= 4 is 11.3 Å². The third-order valence-corrected chi connectivity index (χ3v) is 4.10. The van der Waals surface area contributed by atoms with E-state index in [0.29, 0.717) is 12.1 Å². The maximum atomic E-state index is 3.63. The van der Waals surface area contributed by atoms with Crippen LogP contribution >= 0.6 is 11.3 Å². The molecule has 0 spiro atoms. The van der Waals surface area contributed by atoms with Crippen LogP contribution in [0.4, 0.5) is 0 Å².